The molecule has 1 unspecified atom stereocenters. The number of hydrogen-bond donors (Lipinski definition) is 3. The maximum atomic E-state index is 11.7. The van der Waals surface area contributed by atoms with Gasteiger partial charge in [0.05, 0.1) is 18.2 Å². The molecular weight excluding hydrogens is 294 g/mol. The molecule has 7 heteroatoms. The summed E-state index contributed by atoms with van der Waals surface area (Å²) in [5, 5.41) is 6.66. The Morgan fingerprint density at radius 2 is 2.17 bits per heavy atom. The lowest BCUT2D eigenvalue weighted by Crippen LogP contribution is -2.35. The molecule has 1 aliphatic carbocycles. The van der Waals surface area contributed by atoms with Gasteiger partial charge in [0, 0.05) is 18.3 Å². The van der Waals surface area contributed by atoms with Crippen LogP contribution in [0.1, 0.15) is 49.9 Å². The van der Waals surface area contributed by atoms with Gasteiger partial charge in [-0.05, 0) is 45.4 Å². The van der Waals surface area contributed by atoms with Crippen molar-refractivity contribution < 1.29 is 9.53 Å². The molecule has 1 aromatic heterocycles. The maximum absolute atomic E-state index is 11.7. The summed E-state index contributed by atoms with van der Waals surface area (Å²) in [5.41, 5.74) is 5.66. The number of nitrogens with one attached hydrogen (secondary N) is 2. The molecule has 0 spiro atoms. The minimum atomic E-state index is -0.522. The number of nitrogens with zero attached hydrogens (tertiary/aromatic N) is 2. The van der Waals surface area contributed by atoms with Crippen LogP contribution in [0.2, 0.25) is 0 Å². The molecule has 0 aromatic carbocycles. The van der Waals surface area contributed by atoms with Gasteiger partial charge in [-0.1, -0.05) is 0 Å². The van der Waals surface area contributed by atoms with Crippen molar-refractivity contribution in [3.05, 3.63) is 11.8 Å². The first-order valence-electron chi connectivity index (χ1n) is 8.25. The van der Waals surface area contributed by atoms with Crippen LogP contribution in [-0.4, -0.2) is 40.7 Å². The van der Waals surface area contributed by atoms with Crippen molar-refractivity contribution in [2.75, 3.05) is 23.8 Å². The van der Waals surface area contributed by atoms with E-state index in [1.165, 1.54) is 19.0 Å². The molecule has 4 N–H and O–H groups in total. The van der Waals surface area contributed by atoms with Gasteiger partial charge < -0.3 is 21.1 Å². The summed E-state index contributed by atoms with van der Waals surface area (Å²) < 4.78 is 5.46. The fourth-order valence-corrected chi connectivity index (χ4v) is 2.98. The fraction of sp³-hybridized carbons (Fsp3) is 0.688. The number of amides is 1. The highest BCUT2D eigenvalue weighted by atomic mass is 16.5. The van der Waals surface area contributed by atoms with Gasteiger partial charge in [0.15, 0.2) is 0 Å². The number of nitrogens with two attached hydrogens (primary N) is 1. The van der Waals surface area contributed by atoms with Crippen LogP contribution < -0.4 is 16.4 Å². The molecular formula is C16H25N5O2. The Balaban J connectivity index is 1.79. The zero-order chi connectivity index (χ0) is 16.4. The summed E-state index contributed by atoms with van der Waals surface area (Å²) in [5.74, 6) is 1.08. The smallest absolute Gasteiger partial charge is 0.254 e. The minimum Gasteiger partial charge on any atom is -0.379 e. The molecule has 1 aromatic rings. The normalized spacial score (nSPS) is 21.7. The van der Waals surface area contributed by atoms with Crippen molar-refractivity contribution in [1.29, 1.82) is 0 Å². The van der Waals surface area contributed by atoms with Crippen molar-refractivity contribution in [2.24, 2.45) is 11.7 Å². The summed E-state index contributed by atoms with van der Waals surface area (Å²) in [6, 6.07) is 0.201. The second kappa shape index (κ2) is 6.31. The number of carbonyl (C=O) groups excluding carboxylic acids is 1. The van der Waals surface area contributed by atoms with Crippen molar-refractivity contribution in [1.82, 2.24) is 9.97 Å². The standard InChI is InChI=1S/C16H25N5O2/c1-16(2,10-5-6-10)21-14-12(13(17)22)8-18-15(20-14)19-11-4-3-7-23-9-11/h8,10-11H,3-7,9H2,1-2H3,(H2,17,22)(H2,18,19,20,21). The predicted molar refractivity (Wildman–Crippen MR) is 88.4 cm³/mol. The molecule has 1 atom stereocenters. The molecule has 0 bridgehead atoms. The quantitative estimate of drug-likeness (QED) is 0.738. The van der Waals surface area contributed by atoms with E-state index in [1.807, 2.05) is 0 Å². The molecule has 1 saturated heterocycles. The summed E-state index contributed by atoms with van der Waals surface area (Å²) in [6.07, 6.45) is 5.93. The lowest BCUT2D eigenvalue weighted by molar-refractivity contribution is 0.0874. The fourth-order valence-electron chi connectivity index (χ4n) is 2.98. The molecule has 3 rings (SSSR count). The predicted octanol–water partition coefficient (Wildman–Crippen LogP) is 1.77. The molecule has 0 radical (unpaired) electrons. The van der Waals surface area contributed by atoms with Crippen LogP contribution in [0.15, 0.2) is 6.20 Å². The van der Waals surface area contributed by atoms with Crippen LogP contribution >= 0.6 is 0 Å². The van der Waals surface area contributed by atoms with Gasteiger partial charge in [0.25, 0.3) is 5.91 Å². The molecule has 1 aliphatic heterocycles. The van der Waals surface area contributed by atoms with E-state index >= 15 is 0 Å². The molecule has 1 amide bonds. The molecule has 2 fully saturated rings. The molecule has 1 saturated carbocycles. The van der Waals surface area contributed by atoms with Gasteiger partial charge in [-0.15, -0.1) is 0 Å². The van der Waals surface area contributed by atoms with E-state index in [1.54, 1.807) is 0 Å². The average molecular weight is 319 g/mol. The van der Waals surface area contributed by atoms with E-state index in [4.69, 9.17) is 10.5 Å². The molecule has 23 heavy (non-hydrogen) atoms. The zero-order valence-corrected chi connectivity index (χ0v) is 13.8. The van der Waals surface area contributed by atoms with E-state index in [-0.39, 0.29) is 11.6 Å². The highest BCUT2D eigenvalue weighted by molar-refractivity contribution is 5.97. The molecule has 7 nitrogen and oxygen atoms in total. The highest BCUT2D eigenvalue weighted by Crippen LogP contribution is 2.41. The third-order valence-electron chi connectivity index (χ3n) is 4.59. The van der Waals surface area contributed by atoms with Gasteiger partial charge >= 0.3 is 0 Å². The Morgan fingerprint density at radius 1 is 1.39 bits per heavy atom. The topological polar surface area (TPSA) is 102 Å². The van der Waals surface area contributed by atoms with E-state index in [0.29, 0.717) is 29.9 Å². The van der Waals surface area contributed by atoms with Crippen molar-refractivity contribution in [3.63, 3.8) is 0 Å². The van der Waals surface area contributed by atoms with Gasteiger partial charge in [0.1, 0.15) is 5.82 Å². The molecule has 126 valence electrons. The van der Waals surface area contributed by atoms with Crippen LogP contribution in [0.25, 0.3) is 0 Å². The first-order valence-corrected chi connectivity index (χ1v) is 8.25. The third-order valence-corrected chi connectivity index (χ3v) is 4.59. The Morgan fingerprint density at radius 3 is 2.78 bits per heavy atom. The number of ether oxygens (including phenoxy) is 1. The Kier molecular flexibility index (Phi) is 4.39. The second-order valence-electron chi connectivity index (χ2n) is 7.00. The van der Waals surface area contributed by atoms with Crippen molar-refractivity contribution in [3.8, 4) is 0 Å². The minimum absolute atomic E-state index is 0.121. The van der Waals surface area contributed by atoms with E-state index in [9.17, 15) is 4.79 Å². The lowest BCUT2D eigenvalue weighted by atomic mass is 9.98. The van der Waals surface area contributed by atoms with Crippen LogP contribution in [0.5, 0.6) is 0 Å². The lowest BCUT2D eigenvalue weighted by Gasteiger charge is -2.28. The number of primary amides is 1. The first kappa shape index (κ1) is 16.0. The average Bonchev–Trinajstić information content (AvgIpc) is 3.33. The summed E-state index contributed by atoms with van der Waals surface area (Å²) in [7, 11) is 0. The molecule has 2 aliphatic rings. The van der Waals surface area contributed by atoms with Crippen LogP contribution in [-0.2, 0) is 4.74 Å². The summed E-state index contributed by atoms with van der Waals surface area (Å²) in [4.78, 5) is 20.4. The molecule has 2 heterocycles. The van der Waals surface area contributed by atoms with Crippen LogP contribution in [0.4, 0.5) is 11.8 Å². The van der Waals surface area contributed by atoms with Gasteiger partial charge in [-0.3, -0.25) is 4.79 Å². The number of aromatic nitrogens is 2. The largest absolute Gasteiger partial charge is 0.379 e. The van der Waals surface area contributed by atoms with Gasteiger partial charge in [-0.2, -0.15) is 4.98 Å². The van der Waals surface area contributed by atoms with Crippen LogP contribution in [0.3, 0.4) is 0 Å². The second-order valence-corrected chi connectivity index (χ2v) is 7.00. The Hall–Kier alpha value is -1.89. The summed E-state index contributed by atoms with van der Waals surface area (Å²) in [6.45, 7) is 5.71. The van der Waals surface area contributed by atoms with Gasteiger partial charge in [0.2, 0.25) is 5.95 Å². The Labute approximate surface area is 136 Å². The number of anilines is 2. The SMILES string of the molecule is CC(C)(Nc1nc(NC2CCCOC2)ncc1C(N)=O)C1CC1. The maximum Gasteiger partial charge on any atom is 0.254 e. The highest BCUT2D eigenvalue weighted by Gasteiger charge is 2.38. The third kappa shape index (κ3) is 3.90. The monoisotopic (exact) mass is 319 g/mol. The first-order chi connectivity index (χ1) is 11.0. The van der Waals surface area contributed by atoms with E-state index in [0.717, 1.165) is 19.4 Å². The number of hydrogen-bond acceptors (Lipinski definition) is 6. The number of carbonyl (C=O) groups is 1. The van der Waals surface area contributed by atoms with E-state index in [2.05, 4.69) is 34.4 Å². The van der Waals surface area contributed by atoms with Gasteiger partial charge in [-0.25, -0.2) is 4.98 Å². The van der Waals surface area contributed by atoms with Crippen LogP contribution in [0, 0.1) is 5.92 Å². The van der Waals surface area contributed by atoms with Crippen molar-refractivity contribution in [2.45, 2.75) is 51.1 Å². The zero-order valence-electron chi connectivity index (χ0n) is 13.8. The number of rotatable bonds is 6. The Bertz CT molecular complexity index is 580. The van der Waals surface area contributed by atoms with Crippen molar-refractivity contribution >= 4 is 17.7 Å². The summed E-state index contributed by atoms with van der Waals surface area (Å²) >= 11 is 0. The van der Waals surface area contributed by atoms with E-state index < -0.39 is 5.91 Å².